The number of methoxy groups -OCH3 is 1. The molecule has 2 N–H and O–H groups in total. The number of hydrogen-bond acceptors (Lipinski definition) is 5. The molecule has 0 unspecified atom stereocenters. The molecule has 0 saturated heterocycles. The molecule has 4 rings (SSSR count). The number of hydrogen-bond donors (Lipinski definition) is 2. The number of benzene rings is 3. The Morgan fingerprint density at radius 2 is 1.67 bits per heavy atom. The number of ether oxygens (including phenoxy) is 1. The van der Waals surface area contributed by atoms with Crippen LogP contribution in [0.1, 0.15) is 15.9 Å². The fourth-order valence-electron chi connectivity index (χ4n) is 3.46. The molecule has 0 radical (unpaired) electrons. The highest BCUT2D eigenvalue weighted by molar-refractivity contribution is 6.02. The highest BCUT2D eigenvalue weighted by Gasteiger charge is 2.25. The molecule has 0 bridgehead atoms. The summed E-state index contributed by atoms with van der Waals surface area (Å²) in [4.78, 5) is 12.3. The van der Waals surface area contributed by atoms with Gasteiger partial charge in [-0.25, -0.2) is 4.79 Å². The first kappa shape index (κ1) is 17.1. The number of esters is 1. The Morgan fingerprint density at radius 1 is 0.963 bits per heavy atom. The Morgan fingerprint density at radius 3 is 2.37 bits per heavy atom. The van der Waals surface area contributed by atoms with E-state index in [0.717, 1.165) is 22.5 Å². The van der Waals surface area contributed by atoms with Crippen molar-refractivity contribution in [3.63, 3.8) is 0 Å². The molecule has 0 atom stereocenters. The van der Waals surface area contributed by atoms with E-state index >= 15 is 0 Å². The van der Waals surface area contributed by atoms with Crippen LogP contribution < -0.4 is 16.0 Å². The fourth-order valence-corrected chi connectivity index (χ4v) is 3.46. The Labute approximate surface area is 158 Å². The smallest absolute Gasteiger partial charge is 0.340 e. The van der Waals surface area contributed by atoms with Crippen molar-refractivity contribution in [3.05, 3.63) is 71.8 Å². The first-order valence-electron chi connectivity index (χ1n) is 8.76. The minimum Gasteiger partial charge on any atom is -0.465 e. The molecule has 0 saturated carbocycles. The molecule has 5 nitrogen and oxygen atoms in total. The highest BCUT2D eigenvalue weighted by Crippen LogP contribution is 2.37. The lowest BCUT2D eigenvalue weighted by Gasteiger charge is -2.15. The number of rotatable bonds is 3. The topological polar surface area (TPSA) is 53.6 Å². The minimum atomic E-state index is -0.359. The molecule has 3 aromatic carbocycles. The maximum Gasteiger partial charge on any atom is 0.340 e. The van der Waals surface area contributed by atoms with Crippen LogP contribution >= 0.6 is 0 Å². The van der Waals surface area contributed by atoms with Crippen LogP contribution in [-0.2, 0) is 4.74 Å². The third kappa shape index (κ3) is 3.02. The summed E-state index contributed by atoms with van der Waals surface area (Å²) in [6, 6.07) is 20.6. The first-order chi connectivity index (χ1) is 13.1. The van der Waals surface area contributed by atoms with E-state index in [-0.39, 0.29) is 5.97 Å². The minimum absolute atomic E-state index is 0.359. The van der Waals surface area contributed by atoms with Gasteiger partial charge in [-0.05, 0) is 46.9 Å². The Hall–Kier alpha value is -3.31. The predicted molar refractivity (Wildman–Crippen MR) is 109 cm³/mol. The van der Waals surface area contributed by atoms with E-state index in [9.17, 15) is 4.79 Å². The molecule has 5 heteroatoms. The maximum absolute atomic E-state index is 12.3. The van der Waals surface area contributed by atoms with Crippen LogP contribution in [0.4, 0.5) is 11.4 Å². The van der Waals surface area contributed by atoms with Crippen LogP contribution in [0.25, 0.3) is 22.3 Å². The second-order valence-corrected chi connectivity index (χ2v) is 6.60. The van der Waals surface area contributed by atoms with Crippen molar-refractivity contribution in [2.24, 2.45) is 0 Å². The zero-order chi connectivity index (χ0) is 19.0. The van der Waals surface area contributed by atoms with E-state index < -0.39 is 0 Å². The molecule has 1 heterocycles. The molecule has 0 amide bonds. The van der Waals surface area contributed by atoms with Crippen LogP contribution in [0.3, 0.4) is 0 Å². The van der Waals surface area contributed by atoms with Gasteiger partial charge >= 0.3 is 5.97 Å². The van der Waals surface area contributed by atoms with Gasteiger partial charge in [0, 0.05) is 7.05 Å². The average molecular weight is 359 g/mol. The summed E-state index contributed by atoms with van der Waals surface area (Å²) in [7, 11) is 3.25. The van der Waals surface area contributed by atoms with Crippen molar-refractivity contribution in [2.75, 3.05) is 24.6 Å². The van der Waals surface area contributed by atoms with Gasteiger partial charge in [-0.2, -0.15) is 0 Å². The lowest BCUT2D eigenvalue weighted by molar-refractivity contribution is 0.0601. The van der Waals surface area contributed by atoms with Crippen LogP contribution in [0, 0.1) is 6.92 Å². The molecular formula is C22H21N3O2. The van der Waals surface area contributed by atoms with Gasteiger partial charge < -0.3 is 10.2 Å². The van der Waals surface area contributed by atoms with Gasteiger partial charge in [-0.3, -0.25) is 5.01 Å². The Bertz CT molecular complexity index is 1010. The van der Waals surface area contributed by atoms with Gasteiger partial charge in [-0.1, -0.05) is 48.5 Å². The molecule has 27 heavy (non-hydrogen) atoms. The van der Waals surface area contributed by atoms with Crippen molar-refractivity contribution in [1.29, 1.82) is 0 Å². The first-order valence-corrected chi connectivity index (χ1v) is 8.76. The SMILES string of the molecule is COC(=O)c1cc(-c2ccc(-c3ccccc3C)cc2)cc2c1N(C)NN2. The fraction of sp³-hybridized carbons (Fsp3) is 0.136. The zero-order valence-electron chi connectivity index (χ0n) is 15.5. The van der Waals surface area contributed by atoms with Crippen LogP contribution in [0.5, 0.6) is 0 Å². The predicted octanol–water partition coefficient (Wildman–Crippen LogP) is 4.40. The van der Waals surface area contributed by atoms with Gasteiger partial charge in [0.1, 0.15) is 0 Å². The van der Waals surface area contributed by atoms with Gasteiger partial charge in [-0.15, -0.1) is 5.53 Å². The molecular weight excluding hydrogens is 338 g/mol. The summed E-state index contributed by atoms with van der Waals surface area (Å²) >= 11 is 0. The number of hydrazine groups is 2. The van der Waals surface area contributed by atoms with E-state index in [4.69, 9.17) is 4.74 Å². The molecule has 0 aliphatic carbocycles. The highest BCUT2D eigenvalue weighted by atomic mass is 16.5. The van der Waals surface area contributed by atoms with Crippen molar-refractivity contribution in [3.8, 4) is 22.3 Å². The number of anilines is 2. The summed E-state index contributed by atoms with van der Waals surface area (Å²) < 4.78 is 4.97. The molecule has 3 aromatic rings. The van der Waals surface area contributed by atoms with Gasteiger partial charge in [0.2, 0.25) is 0 Å². The Balaban J connectivity index is 1.76. The zero-order valence-corrected chi connectivity index (χ0v) is 15.5. The monoisotopic (exact) mass is 359 g/mol. The number of carbonyl (C=O) groups is 1. The second kappa shape index (κ2) is 6.78. The quantitative estimate of drug-likeness (QED) is 0.679. The molecule has 0 aromatic heterocycles. The van der Waals surface area contributed by atoms with Gasteiger partial charge in [0.15, 0.2) is 0 Å². The Kier molecular flexibility index (Phi) is 4.30. The van der Waals surface area contributed by atoms with E-state index in [0.29, 0.717) is 5.56 Å². The van der Waals surface area contributed by atoms with E-state index in [1.165, 1.54) is 23.8 Å². The number of carbonyl (C=O) groups excluding carboxylic acids is 1. The third-order valence-corrected chi connectivity index (χ3v) is 4.88. The average Bonchev–Trinajstić information content (AvgIpc) is 3.08. The van der Waals surface area contributed by atoms with Crippen LogP contribution in [0.2, 0.25) is 0 Å². The molecule has 1 aliphatic rings. The van der Waals surface area contributed by atoms with E-state index in [1.807, 2.05) is 25.2 Å². The number of fused-ring (bicyclic) bond motifs is 1. The maximum atomic E-state index is 12.3. The van der Waals surface area contributed by atoms with Crippen molar-refractivity contribution < 1.29 is 9.53 Å². The lowest BCUT2D eigenvalue weighted by atomic mass is 9.96. The molecule has 0 fully saturated rings. The van der Waals surface area contributed by atoms with Crippen molar-refractivity contribution in [1.82, 2.24) is 5.53 Å². The molecule has 136 valence electrons. The molecule has 0 spiro atoms. The standard InChI is InChI=1S/C22H21N3O2/c1-14-6-4-5-7-18(14)16-10-8-15(9-11-16)17-12-19(22(26)27-3)21-20(13-17)23-24-25(21)2/h4-13,23-24H,1-3H3. The van der Waals surface area contributed by atoms with Crippen molar-refractivity contribution in [2.45, 2.75) is 6.92 Å². The van der Waals surface area contributed by atoms with Crippen LogP contribution in [-0.4, -0.2) is 20.1 Å². The number of nitrogens with zero attached hydrogens (tertiary/aromatic N) is 1. The van der Waals surface area contributed by atoms with Gasteiger partial charge in [0.05, 0.1) is 24.0 Å². The number of nitrogens with one attached hydrogen (secondary N) is 2. The summed E-state index contributed by atoms with van der Waals surface area (Å²) in [5.74, 6) is -0.359. The van der Waals surface area contributed by atoms with E-state index in [1.54, 1.807) is 5.01 Å². The largest absolute Gasteiger partial charge is 0.465 e. The lowest BCUT2D eigenvalue weighted by Crippen LogP contribution is -2.32. The number of aryl methyl sites for hydroxylation is 1. The summed E-state index contributed by atoms with van der Waals surface area (Å²) in [5, 5.41) is 1.77. The van der Waals surface area contributed by atoms with Crippen molar-refractivity contribution >= 4 is 17.3 Å². The summed E-state index contributed by atoms with van der Waals surface area (Å²) in [5.41, 5.74) is 13.9. The summed E-state index contributed by atoms with van der Waals surface area (Å²) in [6.45, 7) is 2.11. The van der Waals surface area contributed by atoms with Gasteiger partial charge in [0.25, 0.3) is 0 Å². The molecule has 1 aliphatic heterocycles. The van der Waals surface area contributed by atoms with Crippen LogP contribution in [0.15, 0.2) is 60.7 Å². The third-order valence-electron chi connectivity index (χ3n) is 4.88. The second-order valence-electron chi connectivity index (χ2n) is 6.60. The normalized spacial score (nSPS) is 12.5. The van der Waals surface area contributed by atoms with E-state index in [2.05, 4.69) is 60.3 Å². The summed E-state index contributed by atoms with van der Waals surface area (Å²) in [6.07, 6.45) is 0.